The van der Waals surface area contributed by atoms with E-state index in [0.29, 0.717) is 13.1 Å². The number of hydrogen-bond donors (Lipinski definition) is 1. The van der Waals surface area contributed by atoms with Crippen molar-refractivity contribution in [2.45, 2.75) is 29.5 Å². The highest BCUT2D eigenvalue weighted by Gasteiger charge is 2.40. The van der Waals surface area contributed by atoms with Crippen molar-refractivity contribution in [2.75, 3.05) is 25.5 Å². The second kappa shape index (κ2) is 7.68. The molecule has 0 aliphatic carbocycles. The first-order valence-corrected chi connectivity index (χ1v) is 10.2. The van der Waals surface area contributed by atoms with Crippen LogP contribution in [0.25, 0.3) is 0 Å². The summed E-state index contributed by atoms with van der Waals surface area (Å²) in [6, 6.07) is 11.6. The number of carbonyl (C=O) groups is 2. The normalized spacial score (nSPS) is 22.0. The molecule has 3 amide bonds. The van der Waals surface area contributed by atoms with Crippen LogP contribution < -0.4 is 5.32 Å². The molecule has 3 aliphatic heterocycles. The van der Waals surface area contributed by atoms with Gasteiger partial charge in [-0.15, -0.1) is 11.8 Å². The Morgan fingerprint density at radius 1 is 1.22 bits per heavy atom. The first-order valence-electron chi connectivity index (χ1n) is 9.18. The van der Waals surface area contributed by atoms with E-state index in [4.69, 9.17) is 4.42 Å². The van der Waals surface area contributed by atoms with E-state index >= 15 is 0 Å². The molecule has 5 rings (SSSR count). The molecule has 3 aliphatic rings. The summed E-state index contributed by atoms with van der Waals surface area (Å²) in [6.45, 7) is 1.10. The third-order valence-corrected chi connectivity index (χ3v) is 6.35. The fourth-order valence-electron chi connectivity index (χ4n) is 3.71. The van der Waals surface area contributed by atoms with Crippen LogP contribution in [0.2, 0.25) is 0 Å². The maximum atomic E-state index is 12.7. The molecule has 0 unspecified atom stereocenters. The van der Waals surface area contributed by atoms with Gasteiger partial charge in [-0.2, -0.15) is 0 Å². The Labute approximate surface area is 162 Å². The summed E-state index contributed by atoms with van der Waals surface area (Å²) in [5.41, 5.74) is 0.763. The van der Waals surface area contributed by atoms with E-state index in [1.54, 1.807) is 22.9 Å². The summed E-state index contributed by atoms with van der Waals surface area (Å²) in [4.78, 5) is 29.7. The van der Waals surface area contributed by atoms with Gasteiger partial charge in [0, 0.05) is 36.8 Å². The van der Waals surface area contributed by atoms with Crippen LogP contribution >= 0.6 is 11.8 Å². The Bertz CT molecular complexity index is 806. The van der Waals surface area contributed by atoms with E-state index in [9.17, 15) is 9.59 Å². The number of nitrogens with one attached hydrogen (secondary N) is 1. The standard InChI is InChI=1S/C20H23N3O3S/c1-22-16-7-4-14(19(22)24)11-23(12-16)20(25)21-15-5-8-18(9-6-15)27-13-17-3-2-10-26-17/h2-3,5-6,8-10,14,16H,4,7,11-13H2,1H3,(H,21,25)/t14-,16+/m1/s1. The minimum Gasteiger partial charge on any atom is -0.468 e. The molecule has 1 aromatic carbocycles. The lowest BCUT2D eigenvalue weighted by molar-refractivity contribution is -0.138. The Morgan fingerprint density at radius 3 is 2.78 bits per heavy atom. The Kier molecular flexibility index (Phi) is 5.11. The number of benzene rings is 1. The molecule has 2 atom stereocenters. The molecule has 6 nitrogen and oxygen atoms in total. The average Bonchev–Trinajstić information content (AvgIpc) is 3.05. The number of rotatable bonds is 4. The van der Waals surface area contributed by atoms with Crippen molar-refractivity contribution in [3.05, 3.63) is 48.4 Å². The number of amides is 3. The third kappa shape index (κ3) is 3.98. The molecule has 3 fully saturated rings. The molecule has 4 heterocycles. The lowest BCUT2D eigenvalue weighted by Gasteiger charge is -2.32. The minimum absolute atomic E-state index is 0.0696. The van der Waals surface area contributed by atoms with Crippen LogP contribution in [0.1, 0.15) is 18.6 Å². The van der Waals surface area contributed by atoms with Crippen LogP contribution in [-0.4, -0.2) is 47.9 Å². The third-order valence-electron chi connectivity index (χ3n) is 5.32. The zero-order valence-corrected chi connectivity index (χ0v) is 16.1. The van der Waals surface area contributed by atoms with Gasteiger partial charge in [0.2, 0.25) is 5.91 Å². The van der Waals surface area contributed by atoms with Crippen molar-refractivity contribution in [1.82, 2.24) is 9.80 Å². The lowest BCUT2D eigenvalue weighted by Crippen LogP contribution is -2.45. The zero-order chi connectivity index (χ0) is 18.8. The molecule has 27 heavy (non-hydrogen) atoms. The summed E-state index contributed by atoms with van der Waals surface area (Å²) in [5, 5.41) is 2.96. The summed E-state index contributed by atoms with van der Waals surface area (Å²) >= 11 is 1.69. The summed E-state index contributed by atoms with van der Waals surface area (Å²) in [5.74, 6) is 1.81. The highest BCUT2D eigenvalue weighted by atomic mass is 32.2. The van der Waals surface area contributed by atoms with E-state index < -0.39 is 0 Å². The number of piperidine rings is 1. The lowest BCUT2D eigenvalue weighted by atomic mass is 9.95. The average molecular weight is 385 g/mol. The molecule has 2 aromatic rings. The summed E-state index contributed by atoms with van der Waals surface area (Å²) in [7, 11) is 1.85. The van der Waals surface area contributed by atoms with Crippen molar-refractivity contribution in [2.24, 2.45) is 5.92 Å². The number of hydrogen-bond acceptors (Lipinski definition) is 4. The Morgan fingerprint density at radius 2 is 2.04 bits per heavy atom. The van der Waals surface area contributed by atoms with E-state index in [-0.39, 0.29) is 23.9 Å². The fourth-order valence-corrected chi connectivity index (χ4v) is 4.51. The van der Waals surface area contributed by atoms with Crippen LogP contribution in [0.3, 0.4) is 0 Å². The van der Waals surface area contributed by atoms with Gasteiger partial charge >= 0.3 is 6.03 Å². The van der Waals surface area contributed by atoms with Crippen LogP contribution in [0.4, 0.5) is 10.5 Å². The summed E-state index contributed by atoms with van der Waals surface area (Å²) < 4.78 is 5.34. The van der Waals surface area contributed by atoms with Gasteiger partial charge in [0.05, 0.1) is 17.9 Å². The molecule has 142 valence electrons. The molecule has 0 spiro atoms. The van der Waals surface area contributed by atoms with E-state index in [2.05, 4.69) is 5.32 Å². The van der Waals surface area contributed by atoms with Gasteiger partial charge in [-0.25, -0.2) is 4.79 Å². The van der Waals surface area contributed by atoms with Crippen molar-refractivity contribution in [1.29, 1.82) is 0 Å². The maximum Gasteiger partial charge on any atom is 0.321 e. The van der Waals surface area contributed by atoms with Gasteiger partial charge in [-0.1, -0.05) is 0 Å². The van der Waals surface area contributed by atoms with E-state index in [1.807, 2.05) is 48.3 Å². The van der Waals surface area contributed by atoms with Gasteiger partial charge in [0.1, 0.15) is 5.76 Å². The van der Waals surface area contributed by atoms with Gasteiger partial charge < -0.3 is 19.5 Å². The number of urea groups is 1. The van der Waals surface area contributed by atoms with Crippen molar-refractivity contribution in [3.63, 3.8) is 0 Å². The Balaban J connectivity index is 1.34. The Hall–Kier alpha value is -2.41. The van der Waals surface area contributed by atoms with E-state index in [0.717, 1.165) is 34.9 Å². The molecule has 3 saturated heterocycles. The number of nitrogens with zero attached hydrogens (tertiary/aromatic N) is 2. The smallest absolute Gasteiger partial charge is 0.321 e. The number of likely N-dealkylation sites (N-methyl/N-ethyl adjacent to an activating group) is 1. The highest BCUT2D eigenvalue weighted by molar-refractivity contribution is 7.98. The SMILES string of the molecule is CN1C(=O)[C@@H]2CC[C@H]1CN(C(=O)Nc1ccc(SCc3ccco3)cc1)C2. The molecular weight excluding hydrogens is 362 g/mol. The number of fused-ring (bicyclic) bond motifs is 4. The van der Waals surface area contributed by atoms with Gasteiger partial charge in [0.25, 0.3) is 0 Å². The van der Waals surface area contributed by atoms with Crippen molar-refractivity contribution >= 4 is 29.4 Å². The monoisotopic (exact) mass is 385 g/mol. The van der Waals surface area contributed by atoms with Crippen LogP contribution in [0, 0.1) is 5.92 Å². The first kappa shape index (κ1) is 18.0. The highest BCUT2D eigenvalue weighted by Crippen LogP contribution is 2.29. The molecule has 0 saturated carbocycles. The molecule has 1 N–H and O–H groups in total. The second-order valence-corrected chi connectivity index (χ2v) is 8.15. The number of thioether (sulfide) groups is 1. The van der Waals surface area contributed by atoms with Crippen molar-refractivity contribution in [3.8, 4) is 0 Å². The number of furan rings is 1. The molecule has 0 radical (unpaired) electrons. The predicted octanol–water partition coefficient (Wildman–Crippen LogP) is 3.66. The largest absolute Gasteiger partial charge is 0.468 e. The van der Waals surface area contributed by atoms with Gasteiger partial charge in [0.15, 0.2) is 0 Å². The first-order chi connectivity index (χ1) is 13.1. The second-order valence-electron chi connectivity index (χ2n) is 7.10. The topological polar surface area (TPSA) is 65.8 Å². The number of anilines is 1. The molecule has 1 aromatic heterocycles. The van der Waals surface area contributed by atoms with Crippen molar-refractivity contribution < 1.29 is 14.0 Å². The van der Waals surface area contributed by atoms with Crippen LogP contribution in [0.5, 0.6) is 0 Å². The van der Waals surface area contributed by atoms with Crippen LogP contribution in [-0.2, 0) is 10.5 Å². The molecule has 7 heteroatoms. The van der Waals surface area contributed by atoms with Gasteiger partial charge in [-0.3, -0.25) is 4.79 Å². The molecular formula is C20H23N3O3S. The van der Waals surface area contributed by atoms with E-state index in [1.165, 1.54) is 0 Å². The quantitative estimate of drug-likeness (QED) is 0.816. The van der Waals surface area contributed by atoms with Gasteiger partial charge in [-0.05, 0) is 49.2 Å². The zero-order valence-electron chi connectivity index (χ0n) is 15.3. The molecule has 2 bridgehead atoms. The summed E-state index contributed by atoms with van der Waals surface area (Å²) in [6.07, 6.45) is 3.52. The number of carbonyl (C=O) groups excluding carboxylic acids is 2. The maximum absolute atomic E-state index is 12.7. The predicted molar refractivity (Wildman–Crippen MR) is 105 cm³/mol. The fraction of sp³-hybridized carbons (Fsp3) is 0.400. The minimum atomic E-state index is -0.133. The van der Waals surface area contributed by atoms with Crippen LogP contribution in [0.15, 0.2) is 52.0 Å².